The molecule has 0 radical (unpaired) electrons. The minimum absolute atomic E-state index is 0.126. The van der Waals surface area contributed by atoms with E-state index < -0.39 is 10.8 Å². The zero-order chi connectivity index (χ0) is 18.6. The normalized spacial score (nSPS) is 10.7. The fourth-order valence-corrected chi connectivity index (χ4v) is 2.73. The van der Waals surface area contributed by atoms with Gasteiger partial charge in [-0.05, 0) is 24.3 Å². The predicted octanol–water partition coefficient (Wildman–Crippen LogP) is 5.22. The third-order valence-corrected chi connectivity index (χ3v) is 3.90. The van der Waals surface area contributed by atoms with Gasteiger partial charge in [-0.1, -0.05) is 34.8 Å². The lowest BCUT2D eigenvalue weighted by atomic mass is 10.2. The Morgan fingerprint density at radius 2 is 1.92 bits per heavy atom. The zero-order valence-corrected chi connectivity index (χ0v) is 15.0. The van der Waals surface area contributed by atoms with Crippen LogP contribution in [0.2, 0.25) is 15.1 Å². The van der Waals surface area contributed by atoms with E-state index in [1.807, 2.05) is 0 Å². The summed E-state index contributed by atoms with van der Waals surface area (Å²) in [5.41, 5.74) is 0.439. The number of carbonyl (C=O) groups is 1. The van der Waals surface area contributed by atoms with Crippen LogP contribution in [0.25, 0.3) is 6.08 Å². The molecule has 2 aromatic rings. The minimum Gasteiger partial charge on any atom is -0.495 e. The number of nitro benzene ring substituents is 1. The second kappa shape index (κ2) is 8.20. The summed E-state index contributed by atoms with van der Waals surface area (Å²) >= 11 is 17.9. The Bertz CT molecular complexity index is 869. The van der Waals surface area contributed by atoms with Gasteiger partial charge in [-0.25, -0.2) is 0 Å². The molecule has 0 atom stereocenters. The van der Waals surface area contributed by atoms with E-state index in [9.17, 15) is 14.9 Å². The van der Waals surface area contributed by atoms with Crippen LogP contribution in [0.3, 0.4) is 0 Å². The average molecular weight is 402 g/mol. The molecule has 0 unspecified atom stereocenters. The van der Waals surface area contributed by atoms with E-state index in [1.54, 1.807) is 6.07 Å². The number of nitro groups is 1. The highest BCUT2D eigenvalue weighted by Gasteiger charge is 2.12. The highest BCUT2D eigenvalue weighted by Crippen LogP contribution is 2.33. The Hall–Kier alpha value is -2.28. The Balaban J connectivity index is 2.22. The molecular formula is C16H11Cl3N2O4. The van der Waals surface area contributed by atoms with Gasteiger partial charge in [0.2, 0.25) is 5.91 Å². The lowest BCUT2D eigenvalue weighted by Crippen LogP contribution is -2.08. The van der Waals surface area contributed by atoms with Crippen LogP contribution in [0, 0.1) is 10.1 Å². The number of nitrogens with zero attached hydrogens (tertiary/aromatic N) is 1. The van der Waals surface area contributed by atoms with E-state index in [4.69, 9.17) is 39.5 Å². The molecule has 0 saturated heterocycles. The number of rotatable bonds is 5. The molecule has 9 heteroatoms. The second-order valence-electron chi connectivity index (χ2n) is 4.75. The molecule has 0 aromatic heterocycles. The number of halogens is 3. The van der Waals surface area contributed by atoms with Crippen molar-refractivity contribution in [2.45, 2.75) is 0 Å². The van der Waals surface area contributed by atoms with Crippen LogP contribution in [0.15, 0.2) is 36.4 Å². The van der Waals surface area contributed by atoms with Gasteiger partial charge in [0.1, 0.15) is 5.75 Å². The fourth-order valence-electron chi connectivity index (χ4n) is 1.98. The first-order valence-corrected chi connectivity index (χ1v) is 7.91. The lowest BCUT2D eigenvalue weighted by Gasteiger charge is -2.08. The number of ether oxygens (including phenoxy) is 1. The van der Waals surface area contributed by atoms with Crippen LogP contribution in [0.5, 0.6) is 5.75 Å². The standard InChI is InChI=1S/C16H11Cl3N2O4/c1-25-16-9(6-10(17)7-13(16)19)2-5-15(22)20-14-8-11(21(23)24)3-4-12(14)18/h2-8H,1H3,(H,20,22)/b5-2+. The number of non-ortho nitro benzene ring substituents is 1. The molecule has 0 heterocycles. The van der Waals surface area contributed by atoms with Gasteiger partial charge in [-0.3, -0.25) is 14.9 Å². The maximum absolute atomic E-state index is 12.1. The Kier molecular flexibility index (Phi) is 6.25. The highest BCUT2D eigenvalue weighted by molar-refractivity contribution is 6.36. The molecule has 0 aliphatic carbocycles. The van der Waals surface area contributed by atoms with E-state index in [0.29, 0.717) is 21.4 Å². The van der Waals surface area contributed by atoms with Crippen LogP contribution in [0.1, 0.15) is 5.56 Å². The number of nitrogens with one attached hydrogen (secondary N) is 1. The van der Waals surface area contributed by atoms with Crippen LogP contribution < -0.4 is 10.1 Å². The quantitative estimate of drug-likeness (QED) is 0.423. The number of carbonyl (C=O) groups excluding carboxylic acids is 1. The smallest absolute Gasteiger partial charge is 0.271 e. The van der Waals surface area contributed by atoms with Gasteiger partial charge in [0.05, 0.1) is 27.8 Å². The predicted molar refractivity (Wildman–Crippen MR) is 98.8 cm³/mol. The van der Waals surface area contributed by atoms with E-state index in [0.717, 1.165) is 0 Å². The molecule has 6 nitrogen and oxygen atoms in total. The Morgan fingerprint density at radius 3 is 2.56 bits per heavy atom. The van der Waals surface area contributed by atoms with Crippen LogP contribution >= 0.6 is 34.8 Å². The summed E-state index contributed by atoms with van der Waals surface area (Å²) in [5, 5.41) is 14.1. The lowest BCUT2D eigenvalue weighted by molar-refractivity contribution is -0.384. The summed E-state index contributed by atoms with van der Waals surface area (Å²) in [7, 11) is 1.44. The van der Waals surface area contributed by atoms with Crippen LogP contribution in [-0.2, 0) is 4.79 Å². The maximum Gasteiger partial charge on any atom is 0.271 e. The molecular weight excluding hydrogens is 391 g/mol. The molecule has 25 heavy (non-hydrogen) atoms. The molecule has 0 aliphatic heterocycles. The summed E-state index contributed by atoms with van der Waals surface area (Å²) in [4.78, 5) is 22.3. The van der Waals surface area contributed by atoms with Gasteiger partial charge in [-0.2, -0.15) is 0 Å². The van der Waals surface area contributed by atoms with Crippen molar-refractivity contribution >= 4 is 58.2 Å². The molecule has 0 spiro atoms. The fraction of sp³-hybridized carbons (Fsp3) is 0.0625. The van der Waals surface area contributed by atoms with Crippen molar-refractivity contribution in [3.63, 3.8) is 0 Å². The first kappa shape index (κ1) is 19.1. The van der Waals surface area contributed by atoms with Crippen LogP contribution in [-0.4, -0.2) is 17.9 Å². The summed E-state index contributed by atoms with van der Waals surface area (Å²) < 4.78 is 5.17. The van der Waals surface area contributed by atoms with E-state index >= 15 is 0 Å². The van der Waals surface area contributed by atoms with Gasteiger partial charge >= 0.3 is 0 Å². The summed E-state index contributed by atoms with van der Waals surface area (Å²) in [6.07, 6.45) is 2.66. The molecule has 0 bridgehead atoms. The Labute approximate surface area is 158 Å². The molecule has 0 saturated carbocycles. The number of benzene rings is 2. The van der Waals surface area contributed by atoms with Crippen molar-refractivity contribution in [3.05, 3.63) is 67.2 Å². The SMILES string of the molecule is COc1c(Cl)cc(Cl)cc1/C=C/C(=O)Nc1cc([N+](=O)[O-])ccc1Cl. The van der Waals surface area contributed by atoms with Gasteiger partial charge in [0.25, 0.3) is 5.69 Å². The number of methoxy groups -OCH3 is 1. The van der Waals surface area contributed by atoms with Gasteiger partial charge in [-0.15, -0.1) is 0 Å². The van der Waals surface area contributed by atoms with E-state index in [-0.39, 0.29) is 16.4 Å². The zero-order valence-electron chi connectivity index (χ0n) is 12.8. The topological polar surface area (TPSA) is 81.5 Å². The Morgan fingerprint density at radius 1 is 1.20 bits per heavy atom. The van der Waals surface area contributed by atoms with Gasteiger partial charge < -0.3 is 10.1 Å². The highest BCUT2D eigenvalue weighted by atomic mass is 35.5. The molecule has 0 fully saturated rings. The first-order valence-electron chi connectivity index (χ1n) is 6.78. The second-order valence-corrected chi connectivity index (χ2v) is 6.00. The average Bonchev–Trinajstić information content (AvgIpc) is 2.54. The maximum atomic E-state index is 12.1. The summed E-state index contributed by atoms with van der Waals surface area (Å²) in [6, 6.07) is 6.84. The molecule has 1 amide bonds. The van der Waals surface area contributed by atoms with Crippen molar-refractivity contribution in [3.8, 4) is 5.75 Å². The monoisotopic (exact) mass is 400 g/mol. The van der Waals surface area contributed by atoms with Gasteiger partial charge in [0.15, 0.2) is 0 Å². The largest absolute Gasteiger partial charge is 0.495 e. The summed E-state index contributed by atoms with van der Waals surface area (Å²) in [6.45, 7) is 0. The third kappa shape index (κ3) is 4.85. The van der Waals surface area contributed by atoms with Crippen molar-refractivity contribution in [1.29, 1.82) is 0 Å². The molecule has 2 aromatic carbocycles. The van der Waals surface area contributed by atoms with Gasteiger partial charge in [0, 0.05) is 28.8 Å². The number of hydrogen-bond donors (Lipinski definition) is 1. The number of anilines is 1. The molecule has 1 N–H and O–H groups in total. The molecule has 0 aliphatic rings. The first-order chi connectivity index (χ1) is 11.8. The molecule has 130 valence electrons. The minimum atomic E-state index is -0.583. The van der Waals surface area contributed by atoms with Crippen molar-refractivity contribution < 1.29 is 14.5 Å². The summed E-state index contributed by atoms with van der Waals surface area (Å²) in [5.74, 6) is -0.177. The van der Waals surface area contributed by atoms with E-state index in [1.165, 1.54) is 43.5 Å². The third-order valence-electron chi connectivity index (χ3n) is 3.07. The van der Waals surface area contributed by atoms with Crippen molar-refractivity contribution in [2.24, 2.45) is 0 Å². The molecule has 2 rings (SSSR count). The number of hydrogen-bond acceptors (Lipinski definition) is 4. The van der Waals surface area contributed by atoms with Crippen molar-refractivity contribution in [2.75, 3.05) is 12.4 Å². The van der Waals surface area contributed by atoms with Crippen molar-refractivity contribution in [1.82, 2.24) is 0 Å². The van der Waals surface area contributed by atoms with E-state index in [2.05, 4.69) is 5.32 Å². The van der Waals surface area contributed by atoms with Crippen LogP contribution in [0.4, 0.5) is 11.4 Å². The number of amides is 1.